The smallest absolute Gasteiger partial charge is 0.335 e. The topological polar surface area (TPSA) is 180 Å². The number of carbonyl (C=O) groups is 6. The molecule has 3 saturated heterocycles. The molecule has 1 aromatic carbocycles. The molecule has 0 saturated carbocycles. The largest absolute Gasteiger partial charge is 0.379 e. The molecule has 226 valence electrons. The van der Waals surface area contributed by atoms with Crippen molar-refractivity contribution < 1.29 is 38.3 Å². The summed E-state index contributed by atoms with van der Waals surface area (Å²) in [6.07, 6.45) is 3.50. The molecule has 2 aromatic rings. The monoisotopic (exact) mass is 593 g/mol. The van der Waals surface area contributed by atoms with Crippen LogP contribution < -0.4 is 15.5 Å². The predicted molar refractivity (Wildman–Crippen MR) is 147 cm³/mol. The number of piperidine rings is 1. The van der Waals surface area contributed by atoms with Crippen LogP contribution in [-0.2, 0) is 35.3 Å². The van der Waals surface area contributed by atoms with Crippen LogP contribution in [0.15, 0.2) is 42.7 Å². The Morgan fingerprint density at radius 2 is 1.63 bits per heavy atom. The Hall–Kier alpha value is -4.92. The Morgan fingerprint density at radius 1 is 0.953 bits per heavy atom. The van der Waals surface area contributed by atoms with Gasteiger partial charge in [-0.2, -0.15) is 0 Å². The van der Waals surface area contributed by atoms with Crippen molar-refractivity contribution in [1.82, 2.24) is 30.6 Å². The number of anilines is 1. The summed E-state index contributed by atoms with van der Waals surface area (Å²) in [5.41, 5.74) is 0.173. The fourth-order valence-electron chi connectivity index (χ4n) is 5.02. The van der Waals surface area contributed by atoms with Crippen LogP contribution in [0.4, 0.5) is 10.7 Å². The van der Waals surface area contributed by atoms with Gasteiger partial charge >= 0.3 is 12.0 Å². The normalized spacial score (nSPS) is 17.9. The molecule has 2 N–H and O–H groups in total. The number of ether oxygens (including phenoxy) is 1. The van der Waals surface area contributed by atoms with E-state index in [1.807, 2.05) is 35.2 Å². The number of aromatic nitrogens is 2. The molecule has 3 fully saturated rings. The molecule has 15 heteroatoms. The van der Waals surface area contributed by atoms with Crippen molar-refractivity contribution in [3.8, 4) is 0 Å². The van der Waals surface area contributed by atoms with Crippen LogP contribution >= 0.6 is 0 Å². The van der Waals surface area contributed by atoms with Crippen molar-refractivity contribution in [2.45, 2.75) is 44.2 Å². The van der Waals surface area contributed by atoms with Gasteiger partial charge in [0.15, 0.2) is 0 Å². The number of nitrogens with zero attached hydrogens (tertiary/aromatic N) is 5. The van der Waals surface area contributed by atoms with E-state index in [1.54, 1.807) is 0 Å². The van der Waals surface area contributed by atoms with E-state index in [2.05, 4.69) is 20.6 Å². The molecule has 0 aliphatic carbocycles. The summed E-state index contributed by atoms with van der Waals surface area (Å²) >= 11 is 0. The second kappa shape index (κ2) is 12.9. The summed E-state index contributed by atoms with van der Waals surface area (Å²) in [6, 6.07) is 8.96. The van der Waals surface area contributed by atoms with E-state index >= 15 is 0 Å². The second-order valence-corrected chi connectivity index (χ2v) is 10.3. The molecular formula is C28H31N7O8. The minimum atomic E-state index is -0.948. The van der Waals surface area contributed by atoms with Crippen LogP contribution in [0.5, 0.6) is 0 Å². The number of hydrogen-bond donors (Lipinski definition) is 2. The predicted octanol–water partition coefficient (Wildman–Crippen LogP) is 0.311. The van der Waals surface area contributed by atoms with Crippen molar-refractivity contribution in [2.24, 2.45) is 0 Å². The van der Waals surface area contributed by atoms with E-state index in [-0.39, 0.29) is 57.0 Å². The highest BCUT2D eigenvalue weighted by Gasteiger charge is 2.52. The van der Waals surface area contributed by atoms with Crippen LogP contribution in [0.3, 0.4) is 0 Å². The molecule has 0 bridgehead atoms. The van der Waals surface area contributed by atoms with Crippen molar-refractivity contribution in [2.75, 3.05) is 37.7 Å². The average Bonchev–Trinajstić information content (AvgIpc) is 3.45. The quantitative estimate of drug-likeness (QED) is 0.208. The van der Waals surface area contributed by atoms with Crippen molar-refractivity contribution >= 4 is 41.6 Å². The maximum absolute atomic E-state index is 13.2. The maximum Gasteiger partial charge on any atom is 0.335 e. The van der Waals surface area contributed by atoms with Crippen molar-refractivity contribution in [1.29, 1.82) is 0 Å². The summed E-state index contributed by atoms with van der Waals surface area (Å²) in [5.74, 6) is -2.09. The zero-order valence-electron chi connectivity index (χ0n) is 23.3. The van der Waals surface area contributed by atoms with Gasteiger partial charge in [-0.15, -0.1) is 5.06 Å². The molecule has 43 heavy (non-hydrogen) atoms. The minimum absolute atomic E-state index is 0.0137. The van der Waals surface area contributed by atoms with E-state index in [9.17, 15) is 28.8 Å². The van der Waals surface area contributed by atoms with E-state index in [4.69, 9.17) is 9.57 Å². The number of hydroxylamine groups is 2. The summed E-state index contributed by atoms with van der Waals surface area (Å²) in [6.45, 7) is 1.38. The molecule has 1 spiro atoms. The van der Waals surface area contributed by atoms with Gasteiger partial charge in [0.2, 0.25) is 5.95 Å². The first kappa shape index (κ1) is 29.6. The molecule has 0 atom stereocenters. The van der Waals surface area contributed by atoms with E-state index in [0.717, 1.165) is 5.56 Å². The zero-order chi connectivity index (χ0) is 30.4. The Bertz CT molecular complexity index is 1380. The highest BCUT2D eigenvalue weighted by atomic mass is 16.7. The Morgan fingerprint density at radius 3 is 2.30 bits per heavy atom. The molecule has 3 aliphatic heterocycles. The number of imide groups is 2. The van der Waals surface area contributed by atoms with Gasteiger partial charge in [0.1, 0.15) is 5.54 Å². The van der Waals surface area contributed by atoms with Crippen LogP contribution in [0.1, 0.15) is 48.0 Å². The molecule has 1 aromatic heterocycles. The third-order valence-electron chi connectivity index (χ3n) is 7.41. The number of hydrogen-bond acceptors (Lipinski definition) is 11. The molecule has 4 heterocycles. The lowest BCUT2D eigenvalue weighted by Gasteiger charge is -2.37. The molecule has 0 unspecified atom stereocenters. The minimum Gasteiger partial charge on any atom is -0.379 e. The van der Waals surface area contributed by atoms with Crippen LogP contribution in [-0.4, -0.2) is 93.9 Å². The molecule has 6 amide bonds. The standard InChI is InChI=1S/C28H31N7O8/c36-21-6-7-22(37)35(21)43-23(38)8-14-42-15-11-29-24(39)20-16-30-26(31-17-20)33-12-9-28(10-13-33)25(40)34(27(41)32-28)18-19-4-2-1-3-5-19/h1-5,16-17H,6-15,18H2,(H,29,39)(H,32,41). The van der Waals surface area contributed by atoms with Crippen LogP contribution in [0.25, 0.3) is 0 Å². The lowest BCUT2D eigenvalue weighted by atomic mass is 9.87. The van der Waals surface area contributed by atoms with E-state index < -0.39 is 35.3 Å². The Balaban J connectivity index is 1.01. The first-order chi connectivity index (χ1) is 20.8. The summed E-state index contributed by atoms with van der Waals surface area (Å²) < 4.78 is 5.30. The van der Waals surface area contributed by atoms with Gasteiger partial charge in [-0.1, -0.05) is 30.3 Å². The summed E-state index contributed by atoms with van der Waals surface area (Å²) in [5, 5.41) is 6.04. The molecule has 15 nitrogen and oxygen atoms in total. The Labute approximate surface area is 246 Å². The van der Waals surface area contributed by atoms with Crippen LogP contribution in [0, 0.1) is 0 Å². The van der Waals surface area contributed by atoms with Gasteiger partial charge in [0.05, 0.1) is 31.7 Å². The number of urea groups is 1. The number of amides is 6. The van der Waals surface area contributed by atoms with E-state index in [0.29, 0.717) is 36.9 Å². The molecule has 3 aliphatic rings. The summed E-state index contributed by atoms with van der Waals surface area (Å²) in [7, 11) is 0. The third-order valence-corrected chi connectivity index (χ3v) is 7.41. The Kier molecular flexibility index (Phi) is 8.90. The molecular weight excluding hydrogens is 562 g/mol. The SMILES string of the molecule is O=C(CCOCCNC(=O)c1cnc(N2CCC3(CC2)NC(=O)N(Cc2ccccc2)C3=O)nc1)ON1C(=O)CCC1=O. The third kappa shape index (κ3) is 6.77. The zero-order valence-corrected chi connectivity index (χ0v) is 23.3. The summed E-state index contributed by atoms with van der Waals surface area (Å²) in [4.78, 5) is 89.5. The van der Waals surface area contributed by atoms with Gasteiger partial charge < -0.3 is 25.1 Å². The number of carbonyl (C=O) groups excluding carboxylic acids is 6. The fraction of sp³-hybridized carbons (Fsp3) is 0.429. The highest BCUT2D eigenvalue weighted by Crippen LogP contribution is 2.31. The number of benzene rings is 1. The van der Waals surface area contributed by atoms with E-state index in [1.165, 1.54) is 17.3 Å². The first-order valence-electron chi connectivity index (χ1n) is 13.9. The number of nitrogens with one attached hydrogen (secondary N) is 2. The molecule has 5 rings (SSSR count). The fourth-order valence-corrected chi connectivity index (χ4v) is 5.02. The van der Waals surface area contributed by atoms with Gasteiger partial charge in [0.25, 0.3) is 23.6 Å². The second-order valence-electron chi connectivity index (χ2n) is 10.3. The van der Waals surface area contributed by atoms with Gasteiger partial charge in [-0.05, 0) is 18.4 Å². The van der Waals surface area contributed by atoms with Crippen molar-refractivity contribution in [3.05, 3.63) is 53.9 Å². The van der Waals surface area contributed by atoms with Gasteiger partial charge in [0, 0.05) is 44.9 Å². The van der Waals surface area contributed by atoms with Gasteiger partial charge in [-0.25, -0.2) is 19.6 Å². The first-order valence-corrected chi connectivity index (χ1v) is 13.9. The van der Waals surface area contributed by atoms with Gasteiger partial charge in [-0.3, -0.25) is 24.1 Å². The lowest BCUT2D eigenvalue weighted by Crippen LogP contribution is -2.55. The van der Waals surface area contributed by atoms with Crippen LogP contribution in [0.2, 0.25) is 0 Å². The number of rotatable bonds is 11. The average molecular weight is 594 g/mol. The highest BCUT2D eigenvalue weighted by molar-refractivity contribution is 6.07. The maximum atomic E-state index is 13.2. The lowest BCUT2D eigenvalue weighted by molar-refractivity contribution is -0.198. The molecule has 0 radical (unpaired) electrons. The van der Waals surface area contributed by atoms with Crippen molar-refractivity contribution in [3.63, 3.8) is 0 Å².